The quantitative estimate of drug-likeness (QED) is 0.486. The Morgan fingerprint density at radius 3 is 2.48 bits per heavy atom. The number of ketones is 2. The van der Waals surface area contributed by atoms with Crippen molar-refractivity contribution in [1.82, 2.24) is 0 Å². The number of carboxylic acid groups (broad SMARTS) is 1. The topological polar surface area (TPSA) is 80.7 Å². The van der Waals surface area contributed by atoms with E-state index in [4.69, 9.17) is 16.7 Å². The van der Waals surface area contributed by atoms with Crippen molar-refractivity contribution in [1.29, 1.82) is 0 Å². The largest absolute Gasteiger partial charge is 0.511 e. The van der Waals surface area contributed by atoms with Crippen molar-refractivity contribution in [2.45, 2.75) is 32.6 Å². The van der Waals surface area contributed by atoms with Gasteiger partial charge in [-0.25, -0.2) is 4.79 Å². The van der Waals surface area contributed by atoms with Gasteiger partial charge in [-0.2, -0.15) is 0 Å². The second-order valence-corrected chi connectivity index (χ2v) is 5.93. The minimum Gasteiger partial charge on any atom is -0.449 e. The SMILES string of the molecule is Cc1c(OC(=O)O)cc2c(c1Cl)C(=O)C1(CCCC1)C2=O. The number of hydrogen-bond acceptors (Lipinski definition) is 4. The van der Waals surface area contributed by atoms with E-state index in [1.165, 1.54) is 6.07 Å². The molecule has 0 aliphatic heterocycles. The van der Waals surface area contributed by atoms with Crippen LogP contribution in [-0.4, -0.2) is 22.8 Å². The van der Waals surface area contributed by atoms with Gasteiger partial charge in [-0.1, -0.05) is 24.4 Å². The summed E-state index contributed by atoms with van der Waals surface area (Å²) in [4.78, 5) is 36.0. The van der Waals surface area contributed by atoms with Crippen LogP contribution in [0, 0.1) is 12.3 Å². The fraction of sp³-hybridized carbons (Fsp3) is 0.400. The minimum absolute atomic E-state index is 0.00227. The first-order valence-corrected chi connectivity index (χ1v) is 7.10. The van der Waals surface area contributed by atoms with Crippen LogP contribution in [0.4, 0.5) is 4.79 Å². The highest BCUT2D eigenvalue weighted by Gasteiger charge is 2.55. The lowest BCUT2D eigenvalue weighted by atomic mass is 9.81. The first-order chi connectivity index (χ1) is 9.88. The summed E-state index contributed by atoms with van der Waals surface area (Å²) in [7, 11) is 0. The van der Waals surface area contributed by atoms with Gasteiger partial charge in [0.2, 0.25) is 0 Å². The van der Waals surface area contributed by atoms with Gasteiger partial charge in [0, 0.05) is 16.7 Å². The number of benzene rings is 1. The van der Waals surface area contributed by atoms with Gasteiger partial charge in [0.1, 0.15) is 5.75 Å². The summed E-state index contributed by atoms with van der Waals surface area (Å²) in [5, 5.41) is 8.85. The fourth-order valence-electron chi connectivity index (χ4n) is 3.36. The van der Waals surface area contributed by atoms with E-state index in [1.54, 1.807) is 6.92 Å². The van der Waals surface area contributed by atoms with Crippen molar-refractivity contribution in [3.63, 3.8) is 0 Å². The summed E-state index contributed by atoms with van der Waals surface area (Å²) in [6, 6.07) is 1.33. The van der Waals surface area contributed by atoms with Crippen molar-refractivity contribution in [3.05, 3.63) is 27.8 Å². The summed E-state index contributed by atoms with van der Waals surface area (Å²) in [5.41, 5.74) is -0.221. The lowest BCUT2D eigenvalue weighted by molar-refractivity contribution is 0.0705. The predicted molar refractivity (Wildman–Crippen MR) is 74.4 cm³/mol. The lowest BCUT2D eigenvalue weighted by Gasteiger charge is -2.17. The fourth-order valence-corrected chi connectivity index (χ4v) is 3.64. The molecule has 0 heterocycles. The first kappa shape index (κ1) is 14.1. The molecule has 110 valence electrons. The maximum absolute atomic E-state index is 12.7. The Labute approximate surface area is 125 Å². The van der Waals surface area contributed by atoms with Crippen LogP contribution >= 0.6 is 11.6 Å². The molecule has 0 bridgehead atoms. The maximum Gasteiger partial charge on any atom is 0.511 e. The van der Waals surface area contributed by atoms with E-state index >= 15 is 0 Å². The van der Waals surface area contributed by atoms with Gasteiger partial charge in [-0.05, 0) is 25.8 Å². The van der Waals surface area contributed by atoms with E-state index in [2.05, 4.69) is 4.74 Å². The average Bonchev–Trinajstić information content (AvgIpc) is 2.98. The van der Waals surface area contributed by atoms with Crippen LogP contribution in [0.1, 0.15) is 52.0 Å². The van der Waals surface area contributed by atoms with E-state index in [0.717, 1.165) is 12.8 Å². The molecule has 0 amide bonds. The van der Waals surface area contributed by atoms with Gasteiger partial charge in [0.25, 0.3) is 0 Å². The molecule has 0 aromatic heterocycles. The zero-order chi connectivity index (χ0) is 15.4. The molecule has 1 saturated carbocycles. The van der Waals surface area contributed by atoms with Crippen LogP contribution in [0.15, 0.2) is 6.07 Å². The van der Waals surface area contributed by atoms with Gasteiger partial charge in [0.05, 0.1) is 10.4 Å². The molecule has 0 radical (unpaired) electrons. The molecule has 1 fully saturated rings. The monoisotopic (exact) mass is 308 g/mol. The summed E-state index contributed by atoms with van der Waals surface area (Å²) >= 11 is 6.20. The molecule has 0 atom stereocenters. The summed E-state index contributed by atoms with van der Waals surface area (Å²) in [6.45, 7) is 1.57. The second kappa shape index (κ2) is 4.56. The van der Waals surface area contributed by atoms with E-state index in [1.807, 2.05) is 0 Å². The molecule has 3 rings (SSSR count). The summed E-state index contributed by atoms with van der Waals surface area (Å²) < 4.78 is 4.65. The molecule has 1 N–H and O–H groups in total. The molecule has 0 unspecified atom stereocenters. The Bertz CT molecular complexity index is 686. The zero-order valence-electron chi connectivity index (χ0n) is 11.4. The maximum atomic E-state index is 12.7. The van der Waals surface area contributed by atoms with Crippen molar-refractivity contribution >= 4 is 29.3 Å². The molecule has 2 aliphatic rings. The number of hydrogen-bond donors (Lipinski definition) is 1. The standard InChI is InChI=1S/C15H13ClO5/c1-7-9(21-14(19)20)6-8-10(11(7)16)13(18)15(12(8)17)4-2-3-5-15/h6H,2-5H2,1H3,(H,19,20). The number of carbonyl (C=O) groups excluding carboxylic acids is 2. The summed E-state index contributed by atoms with van der Waals surface area (Å²) in [5.74, 6) is -0.477. The van der Waals surface area contributed by atoms with Crippen molar-refractivity contribution in [2.75, 3.05) is 0 Å². The van der Waals surface area contributed by atoms with Gasteiger partial charge in [0.15, 0.2) is 11.6 Å². The number of rotatable bonds is 1. The number of Topliss-reactive ketones (excluding diaryl/α,β-unsaturated/α-hetero) is 2. The van der Waals surface area contributed by atoms with Crippen LogP contribution < -0.4 is 4.74 Å². The lowest BCUT2D eigenvalue weighted by Crippen LogP contribution is -2.29. The van der Waals surface area contributed by atoms with E-state index in [-0.39, 0.29) is 33.5 Å². The Balaban J connectivity index is 2.19. The Hall–Kier alpha value is -1.88. The van der Waals surface area contributed by atoms with Crippen LogP contribution in [0.5, 0.6) is 5.75 Å². The molecule has 1 aromatic carbocycles. The highest BCUT2D eigenvalue weighted by molar-refractivity contribution is 6.40. The number of carbonyl (C=O) groups is 3. The number of fused-ring (bicyclic) bond motifs is 1. The van der Waals surface area contributed by atoms with E-state index < -0.39 is 11.6 Å². The number of halogens is 1. The highest BCUT2D eigenvalue weighted by Crippen LogP contribution is 2.51. The molecular weight excluding hydrogens is 296 g/mol. The Morgan fingerprint density at radius 1 is 1.29 bits per heavy atom. The van der Waals surface area contributed by atoms with E-state index in [0.29, 0.717) is 18.4 Å². The van der Waals surface area contributed by atoms with Crippen molar-refractivity contribution in [2.24, 2.45) is 5.41 Å². The third-order valence-corrected chi connectivity index (χ3v) is 4.93. The molecule has 1 spiro atoms. The second-order valence-electron chi connectivity index (χ2n) is 5.55. The Kier molecular flexibility index (Phi) is 3.06. The summed E-state index contributed by atoms with van der Waals surface area (Å²) in [6.07, 6.45) is 1.25. The van der Waals surface area contributed by atoms with Gasteiger partial charge in [-0.3, -0.25) is 9.59 Å². The van der Waals surface area contributed by atoms with Crippen LogP contribution in [0.3, 0.4) is 0 Å². The van der Waals surface area contributed by atoms with Crippen LogP contribution in [-0.2, 0) is 0 Å². The molecule has 1 aromatic rings. The van der Waals surface area contributed by atoms with Crippen LogP contribution in [0.25, 0.3) is 0 Å². The van der Waals surface area contributed by atoms with Crippen molar-refractivity contribution in [3.8, 4) is 5.75 Å². The third kappa shape index (κ3) is 1.80. The normalized spacial score (nSPS) is 19.1. The highest BCUT2D eigenvalue weighted by atomic mass is 35.5. The van der Waals surface area contributed by atoms with Gasteiger partial charge < -0.3 is 9.84 Å². The van der Waals surface area contributed by atoms with Gasteiger partial charge in [-0.15, -0.1) is 0 Å². The molecule has 0 saturated heterocycles. The smallest absolute Gasteiger partial charge is 0.449 e. The predicted octanol–water partition coefficient (Wildman–Crippen LogP) is 3.64. The zero-order valence-corrected chi connectivity index (χ0v) is 12.1. The molecule has 6 heteroatoms. The van der Waals surface area contributed by atoms with Crippen molar-refractivity contribution < 1.29 is 24.2 Å². The number of ether oxygens (including phenoxy) is 1. The third-order valence-electron chi connectivity index (χ3n) is 4.46. The average molecular weight is 309 g/mol. The van der Waals surface area contributed by atoms with E-state index in [9.17, 15) is 14.4 Å². The van der Waals surface area contributed by atoms with Crippen LogP contribution in [0.2, 0.25) is 5.02 Å². The molecule has 5 nitrogen and oxygen atoms in total. The minimum atomic E-state index is -1.48. The van der Waals surface area contributed by atoms with Gasteiger partial charge >= 0.3 is 6.16 Å². The molecule has 21 heavy (non-hydrogen) atoms. The molecule has 2 aliphatic carbocycles. The molecular formula is C15H13ClO5. The first-order valence-electron chi connectivity index (χ1n) is 6.72. The Morgan fingerprint density at radius 2 is 1.90 bits per heavy atom.